The van der Waals surface area contributed by atoms with Crippen LogP contribution in [0.25, 0.3) is 0 Å². The number of piperazine rings is 1. The van der Waals surface area contributed by atoms with Crippen LogP contribution in [0.15, 0.2) is 0 Å². The molecule has 1 aliphatic rings. The summed E-state index contributed by atoms with van der Waals surface area (Å²) in [5.41, 5.74) is -0.0695. The molecule has 0 aliphatic carbocycles. The van der Waals surface area contributed by atoms with Crippen LogP contribution < -0.4 is 5.32 Å². The molecule has 0 saturated carbocycles. The molecule has 1 fully saturated rings. The van der Waals surface area contributed by atoms with Gasteiger partial charge in [0.25, 0.3) is 0 Å². The van der Waals surface area contributed by atoms with Crippen LogP contribution in [-0.4, -0.2) is 60.5 Å². The molecule has 1 amide bonds. The smallest absolute Gasteiger partial charge is 0.228 e. The van der Waals surface area contributed by atoms with Gasteiger partial charge in [0.1, 0.15) is 0 Å². The Labute approximate surface area is 118 Å². The van der Waals surface area contributed by atoms with E-state index in [-0.39, 0.29) is 16.9 Å². The minimum atomic E-state index is -0.254. The van der Waals surface area contributed by atoms with Crippen molar-refractivity contribution in [2.45, 2.75) is 47.1 Å². The second-order valence-electron chi connectivity index (χ2n) is 7.56. The van der Waals surface area contributed by atoms with Gasteiger partial charge in [0.15, 0.2) is 0 Å². The van der Waals surface area contributed by atoms with Crippen molar-refractivity contribution in [3.8, 4) is 0 Å². The van der Waals surface area contributed by atoms with Crippen LogP contribution in [0.1, 0.15) is 41.5 Å². The molecule has 0 bridgehead atoms. The summed E-state index contributed by atoms with van der Waals surface area (Å²) in [5.74, 6) is 0.278. The van der Waals surface area contributed by atoms with Crippen LogP contribution in [0.4, 0.5) is 0 Å². The molecule has 0 atom stereocenters. The summed E-state index contributed by atoms with van der Waals surface area (Å²) >= 11 is 0. The molecule has 1 aliphatic heterocycles. The van der Waals surface area contributed by atoms with Crippen molar-refractivity contribution in [3.05, 3.63) is 0 Å². The van der Waals surface area contributed by atoms with E-state index in [4.69, 9.17) is 0 Å². The molecule has 0 aromatic carbocycles. The Bertz CT molecular complexity index is 293. The largest absolute Gasteiger partial charge is 0.340 e. The first-order valence-electron chi connectivity index (χ1n) is 7.36. The first kappa shape index (κ1) is 16.4. The Morgan fingerprint density at radius 1 is 1.00 bits per heavy atom. The van der Waals surface area contributed by atoms with Crippen LogP contribution >= 0.6 is 0 Å². The van der Waals surface area contributed by atoms with Crippen molar-refractivity contribution < 1.29 is 4.79 Å². The predicted octanol–water partition coefficient (Wildman–Crippen LogP) is 1.56. The van der Waals surface area contributed by atoms with E-state index < -0.39 is 0 Å². The molecular weight excluding hydrogens is 238 g/mol. The number of nitrogens with zero attached hydrogens (tertiary/aromatic N) is 2. The SMILES string of the molecule is CC(C)(C)NCCN1CCN(C(=O)C(C)(C)C)CC1. The zero-order valence-corrected chi connectivity index (χ0v) is 13.5. The fraction of sp³-hybridized carbons (Fsp3) is 0.933. The summed E-state index contributed by atoms with van der Waals surface area (Å²) in [6, 6.07) is 0. The average Bonchev–Trinajstić information content (AvgIpc) is 2.26. The van der Waals surface area contributed by atoms with E-state index in [1.54, 1.807) is 0 Å². The van der Waals surface area contributed by atoms with E-state index in [9.17, 15) is 4.79 Å². The van der Waals surface area contributed by atoms with E-state index in [0.29, 0.717) is 0 Å². The number of amides is 1. The number of nitrogens with one attached hydrogen (secondary N) is 1. The van der Waals surface area contributed by atoms with Gasteiger partial charge in [-0.15, -0.1) is 0 Å². The summed E-state index contributed by atoms with van der Waals surface area (Å²) < 4.78 is 0. The zero-order valence-electron chi connectivity index (χ0n) is 13.5. The predicted molar refractivity (Wildman–Crippen MR) is 80.2 cm³/mol. The maximum Gasteiger partial charge on any atom is 0.228 e. The maximum absolute atomic E-state index is 12.2. The quantitative estimate of drug-likeness (QED) is 0.844. The molecule has 112 valence electrons. The van der Waals surface area contributed by atoms with Crippen molar-refractivity contribution in [3.63, 3.8) is 0 Å². The van der Waals surface area contributed by atoms with Gasteiger partial charge >= 0.3 is 0 Å². The number of rotatable bonds is 3. The molecule has 0 radical (unpaired) electrons. The first-order chi connectivity index (χ1) is 8.59. The van der Waals surface area contributed by atoms with Crippen molar-refractivity contribution in [2.75, 3.05) is 39.3 Å². The van der Waals surface area contributed by atoms with Gasteiger partial charge in [-0.25, -0.2) is 0 Å². The third-order valence-electron chi connectivity index (χ3n) is 3.38. The lowest BCUT2D eigenvalue weighted by atomic mass is 9.94. The van der Waals surface area contributed by atoms with Crippen molar-refractivity contribution in [1.29, 1.82) is 0 Å². The molecule has 19 heavy (non-hydrogen) atoms. The second-order valence-corrected chi connectivity index (χ2v) is 7.56. The van der Waals surface area contributed by atoms with E-state index in [0.717, 1.165) is 39.3 Å². The first-order valence-corrected chi connectivity index (χ1v) is 7.36. The van der Waals surface area contributed by atoms with E-state index >= 15 is 0 Å². The van der Waals surface area contributed by atoms with Gasteiger partial charge in [-0.3, -0.25) is 9.69 Å². The van der Waals surface area contributed by atoms with Gasteiger partial charge in [-0.1, -0.05) is 20.8 Å². The molecule has 0 aromatic rings. The third-order valence-corrected chi connectivity index (χ3v) is 3.38. The molecular formula is C15H31N3O. The van der Waals surface area contributed by atoms with Gasteiger partial charge in [0, 0.05) is 50.2 Å². The van der Waals surface area contributed by atoms with Gasteiger partial charge in [0.2, 0.25) is 5.91 Å². The molecule has 1 saturated heterocycles. The lowest BCUT2D eigenvalue weighted by Gasteiger charge is -2.38. The highest BCUT2D eigenvalue weighted by Crippen LogP contribution is 2.18. The Hall–Kier alpha value is -0.610. The third kappa shape index (κ3) is 5.91. The average molecular weight is 269 g/mol. The second kappa shape index (κ2) is 6.23. The van der Waals surface area contributed by atoms with Gasteiger partial charge in [0.05, 0.1) is 0 Å². The molecule has 1 heterocycles. The Morgan fingerprint density at radius 2 is 1.53 bits per heavy atom. The molecule has 0 spiro atoms. The Morgan fingerprint density at radius 3 is 1.95 bits per heavy atom. The molecule has 0 unspecified atom stereocenters. The van der Waals surface area contributed by atoms with E-state index in [1.807, 2.05) is 25.7 Å². The zero-order chi connectivity index (χ0) is 14.7. The van der Waals surface area contributed by atoms with Gasteiger partial charge < -0.3 is 10.2 Å². The number of hydrogen-bond donors (Lipinski definition) is 1. The number of hydrogen-bond acceptors (Lipinski definition) is 3. The lowest BCUT2D eigenvalue weighted by Crippen LogP contribution is -2.53. The van der Waals surface area contributed by atoms with E-state index in [2.05, 4.69) is 31.0 Å². The summed E-state index contributed by atoms with van der Waals surface area (Å²) in [7, 11) is 0. The monoisotopic (exact) mass is 269 g/mol. The highest BCUT2D eigenvalue weighted by molar-refractivity contribution is 5.81. The fourth-order valence-corrected chi connectivity index (χ4v) is 2.24. The molecule has 1 rings (SSSR count). The van der Waals surface area contributed by atoms with Crippen LogP contribution in [0.2, 0.25) is 0 Å². The van der Waals surface area contributed by atoms with Crippen LogP contribution in [0.3, 0.4) is 0 Å². The molecule has 0 aromatic heterocycles. The normalized spacial score (nSPS) is 18.7. The maximum atomic E-state index is 12.2. The Kier molecular flexibility index (Phi) is 5.39. The van der Waals surface area contributed by atoms with Crippen LogP contribution in [0, 0.1) is 5.41 Å². The lowest BCUT2D eigenvalue weighted by molar-refractivity contribution is -0.141. The highest BCUT2D eigenvalue weighted by Gasteiger charge is 2.29. The van der Waals surface area contributed by atoms with Crippen molar-refractivity contribution >= 4 is 5.91 Å². The van der Waals surface area contributed by atoms with E-state index in [1.165, 1.54) is 0 Å². The van der Waals surface area contributed by atoms with Crippen molar-refractivity contribution in [2.24, 2.45) is 5.41 Å². The fourth-order valence-electron chi connectivity index (χ4n) is 2.24. The van der Waals surface area contributed by atoms with Crippen LogP contribution in [0.5, 0.6) is 0 Å². The minimum Gasteiger partial charge on any atom is -0.340 e. The molecule has 4 heteroatoms. The summed E-state index contributed by atoms with van der Waals surface area (Å²) in [5, 5.41) is 3.51. The van der Waals surface area contributed by atoms with Crippen LogP contribution in [-0.2, 0) is 4.79 Å². The van der Waals surface area contributed by atoms with Gasteiger partial charge in [-0.2, -0.15) is 0 Å². The topological polar surface area (TPSA) is 35.6 Å². The van der Waals surface area contributed by atoms with Crippen molar-refractivity contribution in [1.82, 2.24) is 15.1 Å². The Balaban J connectivity index is 2.28. The van der Waals surface area contributed by atoms with Gasteiger partial charge in [-0.05, 0) is 20.8 Å². The molecule has 1 N–H and O–H groups in total. The molecule has 4 nitrogen and oxygen atoms in total. The minimum absolute atomic E-state index is 0.185. The summed E-state index contributed by atoms with van der Waals surface area (Å²) in [6.07, 6.45) is 0. The standard InChI is InChI=1S/C15H31N3O/c1-14(2,3)13(19)18-11-9-17(10-12-18)8-7-16-15(4,5)6/h16H,7-12H2,1-6H3. The highest BCUT2D eigenvalue weighted by atomic mass is 16.2. The number of carbonyl (C=O) groups excluding carboxylic acids is 1. The number of carbonyl (C=O) groups is 1. The summed E-state index contributed by atoms with van der Waals surface area (Å²) in [6.45, 7) is 18.3. The summed E-state index contributed by atoms with van der Waals surface area (Å²) in [4.78, 5) is 16.6.